The van der Waals surface area contributed by atoms with Crippen LogP contribution >= 0.6 is 23.5 Å². The van der Waals surface area contributed by atoms with E-state index in [9.17, 15) is 4.79 Å². The lowest BCUT2D eigenvalue weighted by atomic mass is 9.95. The van der Waals surface area contributed by atoms with Gasteiger partial charge in [0, 0.05) is 24.0 Å². The molecule has 0 amide bonds. The Hall–Kier alpha value is 0.130. The van der Waals surface area contributed by atoms with E-state index in [0.717, 1.165) is 13.1 Å². The van der Waals surface area contributed by atoms with Crippen LogP contribution in [0.1, 0.15) is 12.8 Å². The number of thioether (sulfide) groups is 2. The Morgan fingerprint density at radius 1 is 1.53 bits per heavy atom. The van der Waals surface area contributed by atoms with Crippen molar-refractivity contribution in [2.75, 3.05) is 31.7 Å². The molecule has 0 unspecified atom stereocenters. The number of ether oxygens (including phenoxy) is 1. The molecule has 0 bridgehead atoms. The summed E-state index contributed by atoms with van der Waals surface area (Å²) in [4.78, 5) is 11.4. The average molecular weight is 247 g/mol. The maximum Gasteiger partial charge on any atom is 0.305 e. The molecular weight excluding hydrogens is 230 g/mol. The number of esters is 1. The first kappa shape index (κ1) is 11.6. The van der Waals surface area contributed by atoms with Crippen molar-refractivity contribution in [1.82, 2.24) is 5.32 Å². The zero-order valence-electron chi connectivity index (χ0n) is 8.95. The van der Waals surface area contributed by atoms with Crippen LogP contribution in [0.5, 0.6) is 0 Å². The number of methoxy groups -OCH3 is 1. The number of rotatable bonds is 2. The Balaban J connectivity index is 2.02. The highest BCUT2D eigenvalue weighted by atomic mass is 32.2. The summed E-state index contributed by atoms with van der Waals surface area (Å²) in [6.07, 6.45) is 1.73. The molecule has 86 valence electrons. The molecule has 0 saturated carbocycles. The van der Waals surface area contributed by atoms with E-state index in [1.54, 1.807) is 0 Å². The van der Waals surface area contributed by atoms with Crippen LogP contribution in [0.15, 0.2) is 0 Å². The Kier molecular flexibility index (Phi) is 3.85. The van der Waals surface area contributed by atoms with E-state index in [2.05, 4.69) is 5.32 Å². The topological polar surface area (TPSA) is 38.3 Å². The van der Waals surface area contributed by atoms with E-state index in [-0.39, 0.29) is 5.97 Å². The van der Waals surface area contributed by atoms with Crippen LogP contribution in [0.3, 0.4) is 0 Å². The van der Waals surface area contributed by atoms with Crippen molar-refractivity contribution in [1.29, 1.82) is 0 Å². The monoisotopic (exact) mass is 247 g/mol. The fraction of sp³-hybridized carbons (Fsp3) is 0.900. The van der Waals surface area contributed by atoms with Gasteiger partial charge in [0.05, 0.1) is 17.6 Å². The van der Waals surface area contributed by atoms with Crippen LogP contribution in [-0.2, 0) is 9.53 Å². The first-order valence-electron chi connectivity index (χ1n) is 5.32. The van der Waals surface area contributed by atoms with Gasteiger partial charge in [-0.1, -0.05) is 0 Å². The molecule has 2 saturated heterocycles. The quantitative estimate of drug-likeness (QED) is 0.745. The van der Waals surface area contributed by atoms with Crippen molar-refractivity contribution in [3.63, 3.8) is 0 Å². The zero-order chi connectivity index (χ0) is 10.7. The average Bonchev–Trinajstić information content (AvgIpc) is 2.71. The van der Waals surface area contributed by atoms with Crippen LogP contribution in [0.4, 0.5) is 0 Å². The summed E-state index contributed by atoms with van der Waals surface area (Å²) in [6.45, 7) is 2.03. The van der Waals surface area contributed by atoms with Gasteiger partial charge in [-0.2, -0.15) is 0 Å². The van der Waals surface area contributed by atoms with Crippen LogP contribution in [0.2, 0.25) is 0 Å². The molecule has 1 atom stereocenters. The van der Waals surface area contributed by atoms with Gasteiger partial charge in [0.25, 0.3) is 0 Å². The lowest BCUT2D eigenvalue weighted by Gasteiger charge is -2.39. The molecule has 15 heavy (non-hydrogen) atoms. The van der Waals surface area contributed by atoms with Crippen LogP contribution < -0.4 is 5.32 Å². The van der Waals surface area contributed by atoms with Crippen molar-refractivity contribution >= 4 is 29.5 Å². The lowest BCUT2D eigenvalue weighted by Crippen LogP contribution is -2.45. The molecule has 0 aliphatic carbocycles. The lowest BCUT2D eigenvalue weighted by molar-refractivity contribution is -0.141. The highest BCUT2D eigenvalue weighted by Gasteiger charge is 2.45. The molecule has 5 heteroatoms. The fourth-order valence-electron chi connectivity index (χ4n) is 2.26. The minimum Gasteiger partial charge on any atom is -0.469 e. The predicted molar refractivity (Wildman–Crippen MR) is 65.3 cm³/mol. The number of piperidine rings is 1. The normalized spacial score (nSPS) is 29.3. The van der Waals surface area contributed by atoms with Gasteiger partial charge in [-0.15, -0.1) is 23.5 Å². The van der Waals surface area contributed by atoms with Crippen molar-refractivity contribution in [2.24, 2.45) is 5.92 Å². The number of hydrogen-bond donors (Lipinski definition) is 1. The molecule has 0 radical (unpaired) electrons. The Morgan fingerprint density at radius 3 is 2.93 bits per heavy atom. The highest BCUT2D eigenvalue weighted by molar-refractivity contribution is 8.21. The maximum absolute atomic E-state index is 11.4. The number of nitrogens with one attached hydrogen (secondary N) is 1. The Bertz CT molecular complexity index is 242. The molecule has 2 aliphatic heterocycles. The fourth-order valence-corrected chi connectivity index (χ4v) is 5.75. The van der Waals surface area contributed by atoms with Crippen LogP contribution in [0, 0.1) is 5.92 Å². The number of hydrogen-bond acceptors (Lipinski definition) is 5. The third-order valence-electron chi connectivity index (χ3n) is 3.08. The van der Waals surface area contributed by atoms with E-state index >= 15 is 0 Å². The van der Waals surface area contributed by atoms with Gasteiger partial charge >= 0.3 is 5.97 Å². The minimum atomic E-state index is -0.0730. The summed E-state index contributed by atoms with van der Waals surface area (Å²) in [7, 11) is 1.47. The van der Waals surface area contributed by atoms with Gasteiger partial charge in [0.1, 0.15) is 0 Å². The molecule has 2 rings (SSSR count). The zero-order valence-corrected chi connectivity index (χ0v) is 10.6. The molecule has 3 nitrogen and oxygen atoms in total. The largest absolute Gasteiger partial charge is 0.469 e. The summed E-state index contributed by atoms with van der Waals surface area (Å²) >= 11 is 4.08. The molecule has 2 fully saturated rings. The minimum absolute atomic E-state index is 0.0730. The smallest absolute Gasteiger partial charge is 0.305 e. The van der Waals surface area contributed by atoms with Gasteiger partial charge in [-0.3, -0.25) is 4.79 Å². The molecule has 0 aromatic rings. The second kappa shape index (κ2) is 4.97. The van der Waals surface area contributed by atoms with Gasteiger partial charge in [0.2, 0.25) is 0 Å². The maximum atomic E-state index is 11.4. The van der Waals surface area contributed by atoms with E-state index in [0.29, 0.717) is 16.4 Å². The SMILES string of the molecule is COC(=O)C[C@H]1CNCCC12SCCS2. The Morgan fingerprint density at radius 2 is 2.27 bits per heavy atom. The van der Waals surface area contributed by atoms with Crippen LogP contribution in [0.25, 0.3) is 0 Å². The second-order valence-electron chi connectivity index (χ2n) is 3.94. The molecule has 2 heterocycles. The summed E-state index contributed by atoms with van der Waals surface area (Å²) < 4.78 is 5.06. The molecule has 0 aromatic carbocycles. The third-order valence-corrected chi connectivity index (χ3v) is 6.91. The standard InChI is InChI=1S/C10H17NO2S2/c1-13-9(12)6-8-7-11-3-2-10(8)14-4-5-15-10/h8,11H,2-7H2,1H3/t8-/m0/s1. The molecule has 2 aliphatic rings. The van der Waals surface area contributed by atoms with Gasteiger partial charge in [-0.05, 0) is 13.0 Å². The summed E-state index contributed by atoms with van der Waals surface area (Å²) in [5.41, 5.74) is 0. The van der Waals surface area contributed by atoms with Gasteiger partial charge < -0.3 is 10.1 Å². The summed E-state index contributed by atoms with van der Waals surface area (Å²) in [5.74, 6) is 2.80. The first-order chi connectivity index (χ1) is 7.27. The number of carbonyl (C=O) groups excluding carboxylic acids is 1. The molecule has 1 N–H and O–H groups in total. The highest BCUT2D eigenvalue weighted by Crippen LogP contribution is 2.53. The van der Waals surface area contributed by atoms with E-state index < -0.39 is 0 Å². The first-order valence-corrected chi connectivity index (χ1v) is 7.29. The van der Waals surface area contributed by atoms with Crippen molar-refractivity contribution < 1.29 is 9.53 Å². The summed E-state index contributed by atoms with van der Waals surface area (Å²) in [5, 5.41) is 3.38. The van der Waals surface area contributed by atoms with E-state index in [1.165, 1.54) is 25.0 Å². The summed E-state index contributed by atoms with van der Waals surface area (Å²) in [6, 6.07) is 0. The van der Waals surface area contributed by atoms with Crippen molar-refractivity contribution in [2.45, 2.75) is 16.9 Å². The van der Waals surface area contributed by atoms with Crippen LogP contribution in [-0.4, -0.2) is 41.8 Å². The molecule has 1 spiro atoms. The van der Waals surface area contributed by atoms with E-state index in [1.807, 2.05) is 23.5 Å². The molecule has 0 aromatic heterocycles. The van der Waals surface area contributed by atoms with Crippen molar-refractivity contribution in [3.8, 4) is 0 Å². The third kappa shape index (κ3) is 2.45. The van der Waals surface area contributed by atoms with Gasteiger partial charge in [-0.25, -0.2) is 0 Å². The Labute approximate surface area is 99.1 Å². The van der Waals surface area contributed by atoms with Gasteiger partial charge in [0.15, 0.2) is 0 Å². The van der Waals surface area contributed by atoms with E-state index in [4.69, 9.17) is 4.74 Å². The second-order valence-corrected chi connectivity index (χ2v) is 7.05. The number of carbonyl (C=O) groups is 1. The predicted octanol–water partition coefficient (Wildman–Crippen LogP) is 1.34. The van der Waals surface area contributed by atoms with Crippen molar-refractivity contribution in [3.05, 3.63) is 0 Å². The molecular formula is C10H17NO2S2.